The lowest BCUT2D eigenvalue weighted by Gasteiger charge is -2.22. The molecule has 0 bridgehead atoms. The molecule has 1 atom stereocenters. The molecule has 0 radical (unpaired) electrons. The molecule has 0 aromatic carbocycles. The fraction of sp³-hybridized carbons (Fsp3) is 0.875. The van der Waals surface area contributed by atoms with Crippen LogP contribution in [0.4, 0.5) is 0 Å². The number of rotatable bonds is 4. The minimum atomic E-state index is -0.736. The number of aliphatic carboxylic acids is 1. The van der Waals surface area contributed by atoms with E-state index in [1.54, 1.807) is 0 Å². The molecule has 0 amide bonds. The van der Waals surface area contributed by atoms with Crippen molar-refractivity contribution in [1.29, 1.82) is 0 Å². The van der Waals surface area contributed by atoms with E-state index < -0.39 is 5.97 Å². The van der Waals surface area contributed by atoms with Crippen LogP contribution in [0.5, 0.6) is 0 Å². The van der Waals surface area contributed by atoms with Crippen molar-refractivity contribution in [1.82, 2.24) is 4.90 Å². The van der Waals surface area contributed by atoms with E-state index in [0.29, 0.717) is 6.04 Å². The molecular formula is C8H15NO2. The standard InChI is InChI=1S/C8H15NO2/c1-6(7-3-4-7)9(2)5-8(10)11/h6-7H,3-5H2,1-2H3,(H,10,11). The Balaban J connectivity index is 2.26. The summed E-state index contributed by atoms with van der Waals surface area (Å²) in [5.41, 5.74) is 0. The van der Waals surface area contributed by atoms with Crippen molar-refractivity contribution in [2.45, 2.75) is 25.8 Å². The lowest BCUT2D eigenvalue weighted by atomic mass is 10.2. The highest BCUT2D eigenvalue weighted by Gasteiger charge is 2.30. The van der Waals surface area contributed by atoms with Crippen LogP contribution in [-0.2, 0) is 4.79 Å². The van der Waals surface area contributed by atoms with Gasteiger partial charge in [0.15, 0.2) is 0 Å². The minimum Gasteiger partial charge on any atom is -0.480 e. The molecule has 1 aliphatic carbocycles. The van der Waals surface area contributed by atoms with Gasteiger partial charge in [-0.3, -0.25) is 9.69 Å². The molecule has 1 N–H and O–H groups in total. The highest BCUT2D eigenvalue weighted by molar-refractivity contribution is 5.69. The zero-order chi connectivity index (χ0) is 8.43. The largest absolute Gasteiger partial charge is 0.480 e. The molecule has 3 nitrogen and oxygen atoms in total. The summed E-state index contributed by atoms with van der Waals surface area (Å²) in [5, 5.41) is 8.49. The van der Waals surface area contributed by atoms with Crippen LogP contribution in [-0.4, -0.2) is 35.6 Å². The molecule has 3 heteroatoms. The van der Waals surface area contributed by atoms with Gasteiger partial charge in [0.1, 0.15) is 0 Å². The predicted octanol–water partition coefficient (Wildman–Crippen LogP) is 0.801. The van der Waals surface area contributed by atoms with Gasteiger partial charge in [-0.25, -0.2) is 0 Å². The molecule has 64 valence electrons. The average Bonchev–Trinajstić information content (AvgIpc) is 2.65. The second-order valence-electron chi connectivity index (χ2n) is 3.39. The molecule has 0 heterocycles. The highest BCUT2D eigenvalue weighted by atomic mass is 16.4. The summed E-state index contributed by atoms with van der Waals surface area (Å²) < 4.78 is 0. The zero-order valence-electron chi connectivity index (χ0n) is 7.08. The molecular weight excluding hydrogens is 142 g/mol. The van der Waals surface area contributed by atoms with Crippen LogP contribution >= 0.6 is 0 Å². The number of carboxylic acid groups (broad SMARTS) is 1. The van der Waals surface area contributed by atoms with Crippen LogP contribution in [0, 0.1) is 5.92 Å². The van der Waals surface area contributed by atoms with Gasteiger partial charge in [0.05, 0.1) is 6.54 Å². The monoisotopic (exact) mass is 157 g/mol. The van der Waals surface area contributed by atoms with Gasteiger partial charge in [0.25, 0.3) is 0 Å². The van der Waals surface area contributed by atoms with Crippen molar-refractivity contribution in [3.8, 4) is 0 Å². The predicted molar refractivity (Wildman–Crippen MR) is 42.5 cm³/mol. The first-order valence-corrected chi connectivity index (χ1v) is 4.03. The SMILES string of the molecule is CC(C1CC1)N(C)CC(=O)O. The summed E-state index contributed by atoms with van der Waals surface area (Å²) in [6.45, 7) is 2.26. The number of hydrogen-bond acceptors (Lipinski definition) is 2. The van der Waals surface area contributed by atoms with Crippen LogP contribution in [0.1, 0.15) is 19.8 Å². The van der Waals surface area contributed by atoms with Crippen LogP contribution in [0.15, 0.2) is 0 Å². The Morgan fingerprint density at radius 1 is 1.73 bits per heavy atom. The molecule has 0 saturated heterocycles. The molecule has 11 heavy (non-hydrogen) atoms. The van der Waals surface area contributed by atoms with Gasteiger partial charge < -0.3 is 5.11 Å². The maximum atomic E-state index is 10.3. The summed E-state index contributed by atoms with van der Waals surface area (Å²) in [5.74, 6) is 0.0133. The third-order valence-electron chi connectivity index (χ3n) is 2.38. The van der Waals surface area contributed by atoms with E-state index >= 15 is 0 Å². The zero-order valence-corrected chi connectivity index (χ0v) is 7.08. The number of nitrogens with zero attached hydrogens (tertiary/aromatic N) is 1. The quantitative estimate of drug-likeness (QED) is 0.656. The molecule has 1 unspecified atom stereocenters. The van der Waals surface area contributed by atoms with Crippen molar-refractivity contribution in [3.63, 3.8) is 0 Å². The molecule has 1 fully saturated rings. The van der Waals surface area contributed by atoms with Gasteiger partial charge in [-0.2, -0.15) is 0 Å². The van der Waals surface area contributed by atoms with Crippen LogP contribution in [0.2, 0.25) is 0 Å². The summed E-state index contributed by atoms with van der Waals surface area (Å²) >= 11 is 0. The van der Waals surface area contributed by atoms with E-state index in [9.17, 15) is 4.79 Å². The van der Waals surface area contributed by atoms with Gasteiger partial charge in [-0.15, -0.1) is 0 Å². The van der Waals surface area contributed by atoms with Crippen molar-refractivity contribution >= 4 is 5.97 Å². The van der Waals surface area contributed by atoms with E-state index in [2.05, 4.69) is 6.92 Å². The minimum absolute atomic E-state index is 0.164. The normalized spacial score (nSPS) is 20.3. The Morgan fingerprint density at radius 2 is 2.27 bits per heavy atom. The van der Waals surface area contributed by atoms with E-state index in [4.69, 9.17) is 5.11 Å². The third kappa shape index (κ3) is 2.50. The fourth-order valence-corrected chi connectivity index (χ4v) is 1.30. The first-order valence-electron chi connectivity index (χ1n) is 4.03. The maximum absolute atomic E-state index is 10.3. The fourth-order valence-electron chi connectivity index (χ4n) is 1.30. The van der Waals surface area contributed by atoms with E-state index in [1.165, 1.54) is 12.8 Å². The topological polar surface area (TPSA) is 40.5 Å². The molecule has 0 aliphatic heterocycles. The van der Waals surface area contributed by atoms with Crippen molar-refractivity contribution in [3.05, 3.63) is 0 Å². The lowest BCUT2D eigenvalue weighted by Crippen LogP contribution is -2.35. The van der Waals surface area contributed by atoms with Gasteiger partial charge in [-0.1, -0.05) is 0 Å². The van der Waals surface area contributed by atoms with Crippen molar-refractivity contribution < 1.29 is 9.90 Å². The van der Waals surface area contributed by atoms with E-state index in [1.807, 2.05) is 11.9 Å². The van der Waals surface area contributed by atoms with Crippen LogP contribution in [0.25, 0.3) is 0 Å². The third-order valence-corrected chi connectivity index (χ3v) is 2.38. The first-order chi connectivity index (χ1) is 5.11. The van der Waals surface area contributed by atoms with Crippen molar-refractivity contribution in [2.24, 2.45) is 5.92 Å². The Hall–Kier alpha value is -0.570. The lowest BCUT2D eigenvalue weighted by molar-refractivity contribution is -0.138. The van der Waals surface area contributed by atoms with Crippen molar-refractivity contribution in [2.75, 3.05) is 13.6 Å². The Bertz CT molecular complexity index is 154. The second-order valence-corrected chi connectivity index (χ2v) is 3.39. The highest BCUT2D eigenvalue weighted by Crippen LogP contribution is 2.34. The first kappa shape index (κ1) is 8.53. The number of carbonyl (C=O) groups is 1. The van der Waals surface area contributed by atoms with E-state index in [-0.39, 0.29) is 6.54 Å². The van der Waals surface area contributed by atoms with Gasteiger partial charge in [0, 0.05) is 6.04 Å². The molecule has 1 aliphatic rings. The summed E-state index contributed by atoms with van der Waals surface area (Å²) in [6, 6.07) is 0.436. The van der Waals surface area contributed by atoms with Crippen LogP contribution < -0.4 is 0 Å². The Kier molecular flexibility index (Phi) is 2.49. The molecule has 0 aromatic heterocycles. The van der Waals surface area contributed by atoms with Gasteiger partial charge in [-0.05, 0) is 32.7 Å². The molecule has 1 rings (SSSR count). The molecule has 0 spiro atoms. The van der Waals surface area contributed by atoms with Gasteiger partial charge in [0.2, 0.25) is 0 Å². The number of carboxylic acids is 1. The smallest absolute Gasteiger partial charge is 0.317 e. The summed E-state index contributed by atoms with van der Waals surface area (Å²) in [6.07, 6.45) is 2.54. The number of hydrogen-bond donors (Lipinski definition) is 1. The Labute approximate surface area is 67.0 Å². The molecule has 1 saturated carbocycles. The summed E-state index contributed by atoms with van der Waals surface area (Å²) in [4.78, 5) is 12.2. The van der Waals surface area contributed by atoms with E-state index in [0.717, 1.165) is 5.92 Å². The Morgan fingerprint density at radius 3 is 2.64 bits per heavy atom. The average molecular weight is 157 g/mol. The second kappa shape index (κ2) is 3.22. The number of likely N-dealkylation sites (N-methyl/N-ethyl adjacent to an activating group) is 1. The summed E-state index contributed by atoms with van der Waals surface area (Å²) in [7, 11) is 1.87. The van der Waals surface area contributed by atoms with Crippen LogP contribution in [0.3, 0.4) is 0 Å². The van der Waals surface area contributed by atoms with Gasteiger partial charge >= 0.3 is 5.97 Å². The maximum Gasteiger partial charge on any atom is 0.317 e. The molecule has 0 aromatic rings.